The first-order valence-corrected chi connectivity index (χ1v) is 8.85. The molecule has 0 aliphatic heterocycles. The molecule has 2 aromatic carbocycles. The average molecular weight is 369 g/mol. The highest BCUT2D eigenvalue weighted by Crippen LogP contribution is 2.31. The lowest BCUT2D eigenvalue weighted by Crippen LogP contribution is -3.05. The number of ether oxygens (including phenoxy) is 3. The van der Waals surface area contributed by atoms with E-state index in [1.54, 1.807) is 25.3 Å². The van der Waals surface area contributed by atoms with E-state index in [4.69, 9.17) is 14.2 Å². The van der Waals surface area contributed by atoms with Gasteiger partial charge in [0.25, 0.3) is 0 Å². The number of aromatic amines is 1. The van der Waals surface area contributed by atoms with E-state index in [2.05, 4.69) is 19.1 Å². The van der Waals surface area contributed by atoms with Crippen LogP contribution in [0.3, 0.4) is 0 Å². The molecular weight excluding hydrogens is 344 g/mol. The van der Waals surface area contributed by atoms with Crippen molar-refractivity contribution in [2.24, 2.45) is 0 Å². The molecule has 3 aromatic rings. The molecule has 1 heterocycles. The number of aromatic nitrogens is 1. The second-order valence-electron chi connectivity index (χ2n) is 6.66. The van der Waals surface area contributed by atoms with Crippen molar-refractivity contribution in [3.8, 4) is 17.2 Å². The lowest BCUT2D eigenvalue weighted by molar-refractivity contribution is -0.858. The Morgan fingerprint density at radius 3 is 2.52 bits per heavy atom. The molecule has 0 amide bonds. The van der Waals surface area contributed by atoms with E-state index in [0.29, 0.717) is 22.8 Å². The lowest BCUT2D eigenvalue weighted by Gasteiger charge is -2.11. The molecule has 27 heavy (non-hydrogen) atoms. The molecular formula is C21H25N2O4+. The van der Waals surface area contributed by atoms with E-state index in [9.17, 15) is 4.79 Å². The minimum Gasteiger partial charge on any atom is -0.493 e. The normalized spacial score (nSPS) is 11.0. The largest absolute Gasteiger partial charge is 0.493 e. The number of hydrogen-bond acceptors (Lipinski definition) is 4. The molecule has 3 rings (SSSR count). The molecule has 0 bridgehead atoms. The SMILES string of the molecule is COc1ccc(C(=O)Oc2cccc3[nH]cc(CC[NH+](C)C)c23)cc1OC. The van der Waals surface area contributed by atoms with Gasteiger partial charge in [0.1, 0.15) is 5.75 Å². The number of methoxy groups -OCH3 is 2. The van der Waals surface area contributed by atoms with Gasteiger partial charge in [-0.25, -0.2) is 4.79 Å². The summed E-state index contributed by atoms with van der Waals surface area (Å²) < 4.78 is 16.2. The average Bonchev–Trinajstić information content (AvgIpc) is 3.09. The number of quaternary nitrogens is 1. The third-order valence-electron chi connectivity index (χ3n) is 4.47. The molecule has 6 heteroatoms. The predicted octanol–water partition coefficient (Wildman–Crippen LogP) is 2.09. The number of carbonyl (C=O) groups excluding carboxylic acids is 1. The topological polar surface area (TPSA) is 65.0 Å². The number of hydrogen-bond donors (Lipinski definition) is 2. The van der Waals surface area contributed by atoms with Crippen LogP contribution in [0.5, 0.6) is 17.2 Å². The number of carbonyl (C=O) groups is 1. The van der Waals surface area contributed by atoms with Gasteiger partial charge in [0.2, 0.25) is 0 Å². The fourth-order valence-corrected chi connectivity index (χ4v) is 3.01. The van der Waals surface area contributed by atoms with Gasteiger partial charge in [-0.3, -0.25) is 0 Å². The molecule has 0 saturated carbocycles. The highest BCUT2D eigenvalue weighted by Gasteiger charge is 2.16. The molecule has 0 fully saturated rings. The number of rotatable bonds is 7. The van der Waals surface area contributed by atoms with Gasteiger partial charge < -0.3 is 24.1 Å². The van der Waals surface area contributed by atoms with Crippen LogP contribution in [0.2, 0.25) is 0 Å². The molecule has 0 radical (unpaired) electrons. The summed E-state index contributed by atoms with van der Waals surface area (Å²) >= 11 is 0. The predicted molar refractivity (Wildman–Crippen MR) is 104 cm³/mol. The van der Waals surface area contributed by atoms with Crippen LogP contribution in [0.4, 0.5) is 0 Å². The molecule has 0 atom stereocenters. The summed E-state index contributed by atoms with van der Waals surface area (Å²) in [7, 11) is 7.33. The third-order valence-corrected chi connectivity index (χ3v) is 4.47. The first-order valence-electron chi connectivity index (χ1n) is 8.85. The zero-order chi connectivity index (χ0) is 19.4. The highest BCUT2D eigenvalue weighted by molar-refractivity contribution is 5.96. The Kier molecular flexibility index (Phi) is 5.66. The number of H-pyrrole nitrogens is 1. The standard InChI is InChI=1S/C21H24N2O4/c1-23(2)11-10-15-13-22-16-6-5-7-18(20(15)16)27-21(24)14-8-9-17(25-3)19(12-14)26-4/h5-9,12-13,22H,10-11H2,1-4H3/p+1. The van der Waals surface area contributed by atoms with Crippen LogP contribution in [0.25, 0.3) is 10.9 Å². The number of benzene rings is 2. The van der Waals surface area contributed by atoms with Crippen molar-refractivity contribution in [3.05, 3.63) is 53.7 Å². The second-order valence-corrected chi connectivity index (χ2v) is 6.66. The third kappa shape index (κ3) is 4.06. The number of likely N-dealkylation sites (N-methyl/N-ethyl adjacent to an activating group) is 1. The van der Waals surface area contributed by atoms with Crippen molar-refractivity contribution in [3.63, 3.8) is 0 Å². The van der Waals surface area contributed by atoms with Gasteiger partial charge in [-0.05, 0) is 35.9 Å². The number of esters is 1. The first kappa shape index (κ1) is 18.8. The number of fused-ring (bicyclic) bond motifs is 1. The van der Waals surface area contributed by atoms with Crippen LogP contribution in [0.1, 0.15) is 15.9 Å². The Labute approximate surface area is 158 Å². The molecule has 0 saturated heterocycles. The first-order chi connectivity index (χ1) is 13.0. The van der Waals surface area contributed by atoms with Gasteiger partial charge in [0, 0.05) is 23.5 Å². The Balaban J connectivity index is 1.90. The molecule has 0 aliphatic rings. The Bertz CT molecular complexity index is 947. The van der Waals surface area contributed by atoms with Crippen molar-refractivity contribution in [1.82, 2.24) is 4.98 Å². The van der Waals surface area contributed by atoms with Gasteiger partial charge >= 0.3 is 5.97 Å². The monoisotopic (exact) mass is 369 g/mol. The van der Waals surface area contributed by atoms with Gasteiger partial charge in [0.05, 0.1) is 40.4 Å². The van der Waals surface area contributed by atoms with Crippen LogP contribution < -0.4 is 19.1 Å². The van der Waals surface area contributed by atoms with Gasteiger partial charge in [-0.15, -0.1) is 0 Å². The molecule has 0 spiro atoms. The van der Waals surface area contributed by atoms with Crippen LogP contribution >= 0.6 is 0 Å². The minimum absolute atomic E-state index is 0.402. The van der Waals surface area contributed by atoms with Crippen LogP contribution in [-0.4, -0.2) is 45.8 Å². The maximum absolute atomic E-state index is 12.7. The summed E-state index contributed by atoms with van der Waals surface area (Å²) in [4.78, 5) is 17.3. The molecule has 0 unspecified atom stereocenters. The van der Waals surface area contributed by atoms with Crippen molar-refractivity contribution in [2.45, 2.75) is 6.42 Å². The smallest absolute Gasteiger partial charge is 0.343 e. The van der Waals surface area contributed by atoms with Crippen molar-refractivity contribution in [1.29, 1.82) is 0 Å². The molecule has 6 nitrogen and oxygen atoms in total. The summed E-state index contributed by atoms with van der Waals surface area (Å²) in [5.74, 6) is 1.17. The maximum atomic E-state index is 12.7. The fourth-order valence-electron chi connectivity index (χ4n) is 3.01. The minimum atomic E-state index is -0.436. The fraction of sp³-hybridized carbons (Fsp3) is 0.286. The maximum Gasteiger partial charge on any atom is 0.343 e. The quantitative estimate of drug-likeness (QED) is 0.494. The van der Waals surface area contributed by atoms with Gasteiger partial charge in [-0.2, -0.15) is 0 Å². The van der Waals surface area contributed by atoms with E-state index in [1.807, 2.05) is 24.4 Å². The summed E-state index contributed by atoms with van der Waals surface area (Å²) in [5.41, 5.74) is 2.50. The molecule has 142 valence electrons. The summed E-state index contributed by atoms with van der Waals surface area (Å²) in [6.45, 7) is 0.991. The summed E-state index contributed by atoms with van der Waals surface area (Å²) in [6, 6.07) is 10.6. The van der Waals surface area contributed by atoms with Crippen molar-refractivity contribution in [2.75, 3.05) is 34.9 Å². The highest BCUT2D eigenvalue weighted by atomic mass is 16.5. The zero-order valence-corrected chi connectivity index (χ0v) is 16.1. The zero-order valence-electron chi connectivity index (χ0n) is 16.1. The Hall–Kier alpha value is -2.99. The van der Waals surface area contributed by atoms with Crippen molar-refractivity contribution >= 4 is 16.9 Å². The number of nitrogens with one attached hydrogen (secondary N) is 2. The Morgan fingerprint density at radius 1 is 1.04 bits per heavy atom. The van der Waals surface area contributed by atoms with E-state index in [-0.39, 0.29) is 0 Å². The van der Waals surface area contributed by atoms with Crippen LogP contribution in [-0.2, 0) is 6.42 Å². The van der Waals surface area contributed by atoms with E-state index >= 15 is 0 Å². The van der Waals surface area contributed by atoms with Crippen LogP contribution in [0, 0.1) is 0 Å². The molecule has 1 aromatic heterocycles. The lowest BCUT2D eigenvalue weighted by atomic mass is 10.1. The summed E-state index contributed by atoms with van der Waals surface area (Å²) in [6.07, 6.45) is 2.88. The van der Waals surface area contributed by atoms with E-state index < -0.39 is 5.97 Å². The molecule has 0 aliphatic carbocycles. The summed E-state index contributed by atoms with van der Waals surface area (Å²) in [5, 5.41) is 0.951. The van der Waals surface area contributed by atoms with Crippen LogP contribution in [0.15, 0.2) is 42.6 Å². The van der Waals surface area contributed by atoms with Gasteiger partial charge in [0.15, 0.2) is 11.5 Å². The second kappa shape index (κ2) is 8.14. The van der Waals surface area contributed by atoms with Crippen molar-refractivity contribution < 1.29 is 23.9 Å². The van der Waals surface area contributed by atoms with Gasteiger partial charge in [-0.1, -0.05) is 6.07 Å². The molecule has 2 N–H and O–H groups in total. The van der Waals surface area contributed by atoms with E-state index in [0.717, 1.165) is 29.4 Å². The Morgan fingerprint density at radius 2 is 1.81 bits per heavy atom. The van der Waals surface area contributed by atoms with E-state index in [1.165, 1.54) is 12.0 Å².